The third-order valence-corrected chi connectivity index (χ3v) is 3.31. The van der Waals surface area contributed by atoms with Crippen LogP contribution in [0.5, 0.6) is 0 Å². The van der Waals surface area contributed by atoms with Crippen LogP contribution in [0, 0.1) is 13.8 Å². The molecule has 0 unspecified atom stereocenters. The van der Waals surface area contributed by atoms with Gasteiger partial charge < -0.3 is 10.6 Å². The summed E-state index contributed by atoms with van der Waals surface area (Å²) in [6, 6.07) is 10.0. The van der Waals surface area contributed by atoms with Gasteiger partial charge in [0.15, 0.2) is 0 Å². The van der Waals surface area contributed by atoms with E-state index in [0.717, 1.165) is 18.5 Å². The zero-order valence-corrected chi connectivity index (χ0v) is 12.2. The number of anilines is 2. The number of benzene rings is 1. The Morgan fingerprint density at radius 1 is 1.14 bits per heavy atom. The first kappa shape index (κ1) is 13.5. The number of carbonyl (C=O) groups is 1. The lowest BCUT2D eigenvalue weighted by Crippen LogP contribution is -2.26. The van der Waals surface area contributed by atoms with Crippen molar-refractivity contribution in [1.82, 2.24) is 15.3 Å². The van der Waals surface area contributed by atoms with E-state index in [-0.39, 0.29) is 5.91 Å². The highest BCUT2D eigenvalue weighted by Crippen LogP contribution is 2.20. The van der Waals surface area contributed by atoms with E-state index in [1.165, 1.54) is 5.56 Å². The summed E-state index contributed by atoms with van der Waals surface area (Å²) in [6.45, 7) is 3.83. The Morgan fingerprint density at radius 3 is 2.52 bits per heavy atom. The number of nitrogens with one attached hydrogen (secondary N) is 2. The molecule has 1 aromatic carbocycles. The molecule has 0 radical (unpaired) electrons. The van der Waals surface area contributed by atoms with Crippen LogP contribution in [0.4, 0.5) is 11.5 Å². The lowest BCUT2D eigenvalue weighted by atomic mass is 10.2. The van der Waals surface area contributed by atoms with Gasteiger partial charge in [0.2, 0.25) is 0 Å². The molecule has 5 heteroatoms. The van der Waals surface area contributed by atoms with Gasteiger partial charge in [-0.3, -0.25) is 4.79 Å². The van der Waals surface area contributed by atoms with E-state index in [4.69, 9.17) is 0 Å². The van der Waals surface area contributed by atoms with Gasteiger partial charge in [-0.15, -0.1) is 0 Å². The highest BCUT2D eigenvalue weighted by atomic mass is 16.2. The van der Waals surface area contributed by atoms with Crippen molar-refractivity contribution >= 4 is 17.4 Å². The second-order valence-corrected chi connectivity index (χ2v) is 5.42. The average molecular weight is 282 g/mol. The van der Waals surface area contributed by atoms with Crippen molar-refractivity contribution in [3.63, 3.8) is 0 Å². The van der Waals surface area contributed by atoms with Gasteiger partial charge in [0.1, 0.15) is 17.3 Å². The minimum absolute atomic E-state index is 0.130. The maximum Gasteiger partial charge on any atom is 0.270 e. The summed E-state index contributed by atoms with van der Waals surface area (Å²) in [7, 11) is 0. The van der Waals surface area contributed by atoms with Gasteiger partial charge in [-0.25, -0.2) is 9.97 Å². The lowest BCUT2D eigenvalue weighted by Gasteiger charge is -2.09. The number of rotatable bonds is 4. The number of carbonyl (C=O) groups excluding carboxylic acids is 1. The van der Waals surface area contributed by atoms with Gasteiger partial charge in [-0.1, -0.05) is 17.7 Å². The van der Waals surface area contributed by atoms with Crippen molar-refractivity contribution in [1.29, 1.82) is 0 Å². The number of hydrogen-bond donors (Lipinski definition) is 2. The van der Waals surface area contributed by atoms with Crippen molar-refractivity contribution in [2.45, 2.75) is 32.7 Å². The average Bonchev–Trinajstić information content (AvgIpc) is 3.25. The molecule has 0 aliphatic heterocycles. The Balaban J connectivity index is 1.79. The Kier molecular flexibility index (Phi) is 3.56. The standard InChI is InChI=1S/C16H18N4O/c1-10-3-5-12(6-4-10)19-15-9-14(17-11(2)18-15)16(21)20-13-7-8-13/h3-6,9,13H,7-8H2,1-2H3,(H,20,21)(H,17,18,19). The molecular weight excluding hydrogens is 264 g/mol. The van der Waals surface area contributed by atoms with E-state index in [0.29, 0.717) is 23.4 Å². The van der Waals surface area contributed by atoms with Gasteiger partial charge in [-0.2, -0.15) is 0 Å². The molecule has 3 rings (SSSR count). The Morgan fingerprint density at radius 2 is 1.86 bits per heavy atom. The topological polar surface area (TPSA) is 66.9 Å². The summed E-state index contributed by atoms with van der Waals surface area (Å²) in [5.74, 6) is 1.08. The van der Waals surface area contributed by atoms with E-state index in [1.807, 2.05) is 31.2 Å². The highest BCUT2D eigenvalue weighted by molar-refractivity contribution is 5.93. The fraction of sp³-hybridized carbons (Fsp3) is 0.312. The summed E-state index contributed by atoms with van der Waals surface area (Å²) in [5.41, 5.74) is 2.54. The zero-order chi connectivity index (χ0) is 14.8. The molecule has 1 aliphatic rings. The molecule has 1 amide bonds. The highest BCUT2D eigenvalue weighted by Gasteiger charge is 2.24. The molecule has 0 bridgehead atoms. The molecular formula is C16H18N4O. The van der Waals surface area contributed by atoms with Crippen molar-refractivity contribution in [2.75, 3.05) is 5.32 Å². The summed E-state index contributed by atoms with van der Waals surface area (Å²) in [5, 5.41) is 6.14. The minimum Gasteiger partial charge on any atom is -0.348 e. The summed E-state index contributed by atoms with van der Waals surface area (Å²) >= 11 is 0. The molecule has 2 aromatic rings. The number of nitrogens with zero attached hydrogens (tertiary/aromatic N) is 2. The molecule has 0 atom stereocenters. The van der Waals surface area contributed by atoms with Crippen molar-refractivity contribution in [3.05, 3.63) is 47.4 Å². The van der Waals surface area contributed by atoms with Crippen molar-refractivity contribution in [2.24, 2.45) is 0 Å². The number of amides is 1. The number of aromatic nitrogens is 2. The predicted octanol–water partition coefficient (Wildman–Crippen LogP) is 2.73. The molecule has 1 aliphatic carbocycles. The number of hydrogen-bond acceptors (Lipinski definition) is 4. The third-order valence-electron chi connectivity index (χ3n) is 3.31. The van der Waals surface area contributed by atoms with Gasteiger partial charge in [0.25, 0.3) is 5.91 Å². The Hall–Kier alpha value is -2.43. The molecule has 0 saturated heterocycles. The molecule has 21 heavy (non-hydrogen) atoms. The van der Waals surface area contributed by atoms with Crippen molar-refractivity contribution < 1.29 is 4.79 Å². The van der Waals surface area contributed by atoms with E-state index >= 15 is 0 Å². The summed E-state index contributed by atoms with van der Waals surface area (Å²) < 4.78 is 0. The predicted molar refractivity (Wildman–Crippen MR) is 81.7 cm³/mol. The molecule has 1 saturated carbocycles. The molecule has 2 N–H and O–H groups in total. The first-order chi connectivity index (χ1) is 10.1. The van der Waals surface area contributed by atoms with Crippen LogP contribution in [0.25, 0.3) is 0 Å². The number of aryl methyl sites for hydroxylation is 2. The molecule has 1 heterocycles. The van der Waals surface area contributed by atoms with Crippen LogP contribution in [0.2, 0.25) is 0 Å². The lowest BCUT2D eigenvalue weighted by molar-refractivity contribution is 0.0945. The fourth-order valence-electron chi connectivity index (χ4n) is 2.02. The van der Waals surface area contributed by atoms with Gasteiger partial charge in [0, 0.05) is 17.8 Å². The minimum atomic E-state index is -0.130. The Labute approximate surface area is 123 Å². The van der Waals surface area contributed by atoms with Crippen LogP contribution < -0.4 is 10.6 Å². The maximum absolute atomic E-state index is 12.1. The van der Waals surface area contributed by atoms with Crippen LogP contribution in [0.15, 0.2) is 30.3 Å². The third kappa shape index (κ3) is 3.56. The molecule has 5 nitrogen and oxygen atoms in total. The van der Waals surface area contributed by atoms with Crippen molar-refractivity contribution in [3.8, 4) is 0 Å². The van der Waals surface area contributed by atoms with Crippen LogP contribution in [0.1, 0.15) is 34.7 Å². The maximum atomic E-state index is 12.1. The molecule has 0 spiro atoms. The second-order valence-electron chi connectivity index (χ2n) is 5.42. The first-order valence-corrected chi connectivity index (χ1v) is 7.10. The normalized spacial score (nSPS) is 13.8. The van der Waals surface area contributed by atoms with E-state index in [9.17, 15) is 4.79 Å². The van der Waals surface area contributed by atoms with Gasteiger partial charge in [-0.05, 0) is 38.8 Å². The molecule has 1 fully saturated rings. The fourth-order valence-corrected chi connectivity index (χ4v) is 2.02. The monoisotopic (exact) mass is 282 g/mol. The molecule has 1 aromatic heterocycles. The smallest absolute Gasteiger partial charge is 0.270 e. The molecule has 108 valence electrons. The van der Waals surface area contributed by atoms with Crippen LogP contribution in [-0.4, -0.2) is 21.9 Å². The van der Waals surface area contributed by atoms with E-state index in [1.54, 1.807) is 13.0 Å². The summed E-state index contributed by atoms with van der Waals surface area (Å²) in [4.78, 5) is 20.6. The zero-order valence-electron chi connectivity index (χ0n) is 12.2. The largest absolute Gasteiger partial charge is 0.348 e. The summed E-state index contributed by atoms with van der Waals surface area (Å²) in [6.07, 6.45) is 2.12. The van der Waals surface area contributed by atoms with E-state index in [2.05, 4.69) is 20.6 Å². The quantitative estimate of drug-likeness (QED) is 0.905. The van der Waals surface area contributed by atoms with Crippen LogP contribution in [-0.2, 0) is 0 Å². The van der Waals surface area contributed by atoms with Crippen LogP contribution >= 0.6 is 0 Å². The van der Waals surface area contributed by atoms with Crippen LogP contribution in [0.3, 0.4) is 0 Å². The van der Waals surface area contributed by atoms with E-state index < -0.39 is 0 Å². The first-order valence-electron chi connectivity index (χ1n) is 7.10. The van der Waals surface area contributed by atoms with Gasteiger partial charge in [0.05, 0.1) is 0 Å². The second kappa shape index (κ2) is 5.52. The SMILES string of the molecule is Cc1ccc(Nc2cc(C(=O)NC3CC3)nc(C)n2)cc1. The Bertz CT molecular complexity index is 662. The van der Waals surface area contributed by atoms with Gasteiger partial charge >= 0.3 is 0 Å².